The van der Waals surface area contributed by atoms with Crippen LogP contribution in [0, 0.1) is 5.82 Å². The molecule has 0 bridgehead atoms. The second kappa shape index (κ2) is 8.17. The number of rotatable bonds is 4. The molecule has 3 heterocycles. The van der Waals surface area contributed by atoms with Gasteiger partial charge in [0.2, 0.25) is 5.91 Å². The number of thiophene rings is 1. The second-order valence-electron chi connectivity index (χ2n) is 7.50. The molecule has 0 radical (unpaired) electrons. The lowest BCUT2D eigenvalue weighted by molar-refractivity contribution is -0.136. The predicted molar refractivity (Wildman–Crippen MR) is 107 cm³/mol. The molecule has 5 nitrogen and oxygen atoms in total. The molecule has 2 saturated heterocycles. The molecular weight excluding hydrogens is 379 g/mol. The quantitative estimate of drug-likeness (QED) is 0.779. The van der Waals surface area contributed by atoms with Crippen LogP contribution in [-0.2, 0) is 16.1 Å². The van der Waals surface area contributed by atoms with E-state index in [0.29, 0.717) is 28.8 Å². The maximum absolute atomic E-state index is 14.5. The first kappa shape index (κ1) is 19.3. The number of benzene rings is 1. The highest BCUT2D eigenvalue weighted by Crippen LogP contribution is 2.36. The van der Waals surface area contributed by atoms with Gasteiger partial charge in [0.15, 0.2) is 0 Å². The van der Waals surface area contributed by atoms with E-state index in [1.165, 1.54) is 17.4 Å². The Labute approximate surface area is 168 Å². The fourth-order valence-electron chi connectivity index (χ4n) is 4.33. The van der Waals surface area contributed by atoms with Crippen LogP contribution < -0.4 is 0 Å². The molecular formula is C21H25FN2O3S. The Hall–Kier alpha value is -1.99. The van der Waals surface area contributed by atoms with Crippen LogP contribution in [0.4, 0.5) is 4.39 Å². The van der Waals surface area contributed by atoms with Gasteiger partial charge in [-0.05, 0) is 44.2 Å². The highest BCUT2D eigenvalue weighted by molar-refractivity contribution is 7.21. The summed E-state index contributed by atoms with van der Waals surface area (Å²) in [6, 6.07) is 4.47. The lowest BCUT2D eigenvalue weighted by atomic mass is 10.00. The number of halogens is 1. The average Bonchev–Trinajstić information content (AvgIpc) is 3.36. The van der Waals surface area contributed by atoms with E-state index in [4.69, 9.17) is 4.74 Å². The number of fused-ring (bicyclic) bond motifs is 1. The van der Waals surface area contributed by atoms with Gasteiger partial charge in [0, 0.05) is 42.4 Å². The Kier molecular flexibility index (Phi) is 5.64. The minimum Gasteiger partial charge on any atom is -0.380 e. The molecule has 2 aliphatic rings. The SMILES string of the molecule is COCc1c(C(=O)N2CCCCC2C(=O)N2CCCC2)sc2cccc(F)c12. The van der Waals surface area contributed by atoms with Gasteiger partial charge in [-0.15, -0.1) is 11.3 Å². The van der Waals surface area contributed by atoms with Crippen molar-refractivity contribution in [3.63, 3.8) is 0 Å². The van der Waals surface area contributed by atoms with Gasteiger partial charge in [0.25, 0.3) is 5.91 Å². The molecule has 1 atom stereocenters. The fraction of sp³-hybridized carbons (Fsp3) is 0.524. The molecule has 7 heteroatoms. The Morgan fingerprint density at radius 2 is 1.93 bits per heavy atom. The topological polar surface area (TPSA) is 49.9 Å². The summed E-state index contributed by atoms with van der Waals surface area (Å²) in [6.45, 7) is 2.29. The van der Waals surface area contributed by atoms with Crippen LogP contribution >= 0.6 is 11.3 Å². The fourth-order valence-corrected chi connectivity index (χ4v) is 5.51. The summed E-state index contributed by atoms with van der Waals surface area (Å²) < 4.78 is 20.5. The number of hydrogen-bond donors (Lipinski definition) is 0. The van der Waals surface area contributed by atoms with E-state index >= 15 is 0 Å². The monoisotopic (exact) mass is 404 g/mol. The number of likely N-dealkylation sites (tertiary alicyclic amines) is 2. The molecule has 150 valence electrons. The van der Waals surface area contributed by atoms with Crippen molar-refractivity contribution in [2.75, 3.05) is 26.7 Å². The number of piperidine rings is 1. The minimum absolute atomic E-state index is 0.0612. The Morgan fingerprint density at radius 1 is 1.18 bits per heavy atom. The summed E-state index contributed by atoms with van der Waals surface area (Å²) in [4.78, 5) is 30.6. The van der Waals surface area contributed by atoms with E-state index in [-0.39, 0.29) is 24.2 Å². The van der Waals surface area contributed by atoms with Gasteiger partial charge < -0.3 is 14.5 Å². The van der Waals surface area contributed by atoms with Gasteiger partial charge in [0.05, 0.1) is 11.5 Å². The van der Waals surface area contributed by atoms with Crippen molar-refractivity contribution >= 4 is 33.2 Å². The number of ether oxygens (including phenoxy) is 1. The molecule has 0 N–H and O–H groups in total. The smallest absolute Gasteiger partial charge is 0.265 e. The molecule has 1 unspecified atom stereocenters. The summed E-state index contributed by atoms with van der Waals surface area (Å²) in [5, 5.41) is 0.456. The van der Waals surface area contributed by atoms with Crippen LogP contribution in [-0.4, -0.2) is 54.4 Å². The van der Waals surface area contributed by atoms with Crippen LogP contribution in [0.25, 0.3) is 10.1 Å². The molecule has 4 rings (SSSR count). The van der Waals surface area contributed by atoms with Crippen molar-refractivity contribution in [1.29, 1.82) is 0 Å². The number of hydrogen-bond acceptors (Lipinski definition) is 4. The van der Waals surface area contributed by atoms with Crippen LogP contribution in [0.15, 0.2) is 18.2 Å². The van der Waals surface area contributed by atoms with E-state index in [2.05, 4.69) is 0 Å². The zero-order valence-corrected chi connectivity index (χ0v) is 16.9. The van der Waals surface area contributed by atoms with Gasteiger partial charge in [0.1, 0.15) is 11.9 Å². The van der Waals surface area contributed by atoms with Crippen molar-refractivity contribution in [1.82, 2.24) is 9.80 Å². The van der Waals surface area contributed by atoms with Gasteiger partial charge in [-0.3, -0.25) is 9.59 Å². The molecule has 2 fully saturated rings. The summed E-state index contributed by atoms with van der Waals surface area (Å²) in [5.74, 6) is -0.459. The first-order chi connectivity index (χ1) is 13.6. The second-order valence-corrected chi connectivity index (χ2v) is 8.55. The molecule has 0 spiro atoms. The van der Waals surface area contributed by atoms with Crippen LogP contribution in [0.2, 0.25) is 0 Å². The molecule has 0 aliphatic carbocycles. The predicted octanol–water partition coefficient (Wildman–Crippen LogP) is 3.80. The van der Waals surface area contributed by atoms with Crippen LogP contribution in [0.5, 0.6) is 0 Å². The van der Waals surface area contributed by atoms with Gasteiger partial charge >= 0.3 is 0 Å². The van der Waals surface area contributed by atoms with E-state index in [9.17, 15) is 14.0 Å². The first-order valence-corrected chi connectivity index (χ1v) is 10.7. The van der Waals surface area contributed by atoms with Crippen molar-refractivity contribution in [2.24, 2.45) is 0 Å². The lowest BCUT2D eigenvalue weighted by Crippen LogP contribution is -2.52. The van der Waals surface area contributed by atoms with Crippen molar-refractivity contribution in [2.45, 2.75) is 44.8 Å². The third kappa shape index (κ3) is 3.42. The van der Waals surface area contributed by atoms with Crippen LogP contribution in [0.1, 0.15) is 47.3 Å². The van der Waals surface area contributed by atoms with E-state index in [1.807, 2.05) is 11.0 Å². The Balaban J connectivity index is 1.69. The number of amides is 2. The highest BCUT2D eigenvalue weighted by Gasteiger charge is 2.37. The zero-order valence-electron chi connectivity index (χ0n) is 16.1. The zero-order chi connectivity index (χ0) is 19.7. The molecule has 0 saturated carbocycles. The van der Waals surface area contributed by atoms with Crippen molar-refractivity contribution < 1.29 is 18.7 Å². The molecule has 28 heavy (non-hydrogen) atoms. The van der Waals surface area contributed by atoms with E-state index < -0.39 is 6.04 Å². The molecule has 2 amide bonds. The Bertz CT molecular complexity index is 891. The van der Waals surface area contributed by atoms with Gasteiger partial charge in [-0.1, -0.05) is 6.07 Å². The van der Waals surface area contributed by atoms with Crippen molar-refractivity contribution in [3.05, 3.63) is 34.5 Å². The standard InChI is InChI=1S/C21H25FN2O3S/c1-27-13-14-18-15(22)7-6-9-17(18)28-19(14)21(26)24-12-3-2-8-16(24)20(25)23-10-4-5-11-23/h6-7,9,16H,2-5,8,10-13H2,1H3. The maximum atomic E-state index is 14.5. The summed E-state index contributed by atoms with van der Waals surface area (Å²) in [5.41, 5.74) is 0.587. The Morgan fingerprint density at radius 3 is 2.68 bits per heavy atom. The largest absolute Gasteiger partial charge is 0.380 e. The number of nitrogens with zero attached hydrogens (tertiary/aromatic N) is 2. The number of carbonyl (C=O) groups is 2. The van der Waals surface area contributed by atoms with Gasteiger partial charge in [-0.2, -0.15) is 0 Å². The number of methoxy groups -OCH3 is 1. The molecule has 1 aromatic carbocycles. The minimum atomic E-state index is -0.412. The van der Waals surface area contributed by atoms with E-state index in [0.717, 1.165) is 43.5 Å². The van der Waals surface area contributed by atoms with Crippen LogP contribution in [0.3, 0.4) is 0 Å². The maximum Gasteiger partial charge on any atom is 0.265 e. The third-order valence-corrected chi connectivity index (χ3v) is 6.90. The van der Waals surface area contributed by atoms with E-state index in [1.54, 1.807) is 18.1 Å². The number of carbonyl (C=O) groups excluding carboxylic acids is 2. The lowest BCUT2D eigenvalue weighted by Gasteiger charge is -2.36. The first-order valence-electron chi connectivity index (χ1n) is 9.90. The van der Waals surface area contributed by atoms with Crippen molar-refractivity contribution in [3.8, 4) is 0 Å². The van der Waals surface area contributed by atoms with Gasteiger partial charge in [-0.25, -0.2) is 4.39 Å². The summed E-state index contributed by atoms with van der Waals surface area (Å²) in [6.07, 6.45) is 4.58. The summed E-state index contributed by atoms with van der Waals surface area (Å²) >= 11 is 1.29. The third-order valence-electron chi connectivity index (χ3n) is 5.71. The summed E-state index contributed by atoms with van der Waals surface area (Å²) in [7, 11) is 1.54. The molecule has 2 aliphatic heterocycles. The molecule has 2 aromatic rings. The highest BCUT2D eigenvalue weighted by atomic mass is 32.1. The normalized spacial score (nSPS) is 20.1. The average molecular weight is 405 g/mol. The molecule has 1 aromatic heterocycles.